The van der Waals surface area contributed by atoms with Crippen LogP contribution in [0.15, 0.2) is 0 Å². The summed E-state index contributed by atoms with van der Waals surface area (Å²) in [5, 5.41) is 8.42. The summed E-state index contributed by atoms with van der Waals surface area (Å²) in [7, 11) is 1.69. The fraction of sp³-hybridized carbons (Fsp3) is 0.875. The fourth-order valence-electron chi connectivity index (χ4n) is 4.12. The van der Waals surface area contributed by atoms with E-state index in [1.165, 1.54) is 32.1 Å². The van der Waals surface area contributed by atoms with Crippen LogP contribution >= 0.6 is 0 Å². The molecule has 1 saturated carbocycles. The zero-order chi connectivity index (χ0) is 14.8. The van der Waals surface area contributed by atoms with Crippen LogP contribution in [0.3, 0.4) is 0 Å². The second-order valence-corrected chi connectivity index (χ2v) is 7.02. The highest BCUT2D eigenvalue weighted by atomic mass is 16.5. The quantitative estimate of drug-likeness (QED) is 0.927. The summed E-state index contributed by atoms with van der Waals surface area (Å²) < 4.78 is 7.23. The van der Waals surface area contributed by atoms with Crippen LogP contribution in [0, 0.1) is 11.8 Å². The van der Waals surface area contributed by atoms with Crippen molar-refractivity contribution in [3.63, 3.8) is 0 Å². The first-order valence-electron chi connectivity index (χ1n) is 8.34. The van der Waals surface area contributed by atoms with Gasteiger partial charge in [0.15, 0.2) is 5.82 Å². The van der Waals surface area contributed by atoms with Crippen LogP contribution in [0.1, 0.15) is 63.6 Å². The van der Waals surface area contributed by atoms with Crippen molar-refractivity contribution in [1.29, 1.82) is 0 Å². The van der Waals surface area contributed by atoms with E-state index in [4.69, 9.17) is 4.74 Å². The average Bonchev–Trinajstić information content (AvgIpc) is 2.81. The van der Waals surface area contributed by atoms with Crippen LogP contribution in [0.2, 0.25) is 0 Å². The minimum absolute atomic E-state index is 0.361. The molecular weight excluding hydrogens is 264 g/mol. The van der Waals surface area contributed by atoms with Gasteiger partial charge in [-0.2, -0.15) is 5.10 Å². The van der Waals surface area contributed by atoms with Crippen LogP contribution in [-0.2, 0) is 17.9 Å². The third-order valence-electron chi connectivity index (χ3n) is 4.81. The van der Waals surface area contributed by atoms with E-state index in [2.05, 4.69) is 33.9 Å². The first-order valence-corrected chi connectivity index (χ1v) is 8.34. The largest absolute Gasteiger partial charge is 0.377 e. The molecule has 2 heterocycles. The van der Waals surface area contributed by atoms with Gasteiger partial charge in [0.1, 0.15) is 12.4 Å². The molecule has 0 saturated heterocycles. The molecule has 5 heteroatoms. The molecule has 1 fully saturated rings. The molecular formula is C16H28N4O. The number of rotatable bonds is 4. The molecule has 0 aromatic carbocycles. The minimum atomic E-state index is 0.361. The van der Waals surface area contributed by atoms with Gasteiger partial charge < -0.3 is 10.1 Å². The van der Waals surface area contributed by atoms with E-state index >= 15 is 0 Å². The first kappa shape index (κ1) is 15.0. The van der Waals surface area contributed by atoms with E-state index in [0.29, 0.717) is 18.7 Å². The molecule has 118 valence electrons. The van der Waals surface area contributed by atoms with E-state index in [-0.39, 0.29) is 0 Å². The number of nitrogens with one attached hydrogen (secondary N) is 1. The molecule has 1 aliphatic carbocycles. The second kappa shape index (κ2) is 6.44. The fourth-order valence-corrected chi connectivity index (χ4v) is 4.12. The van der Waals surface area contributed by atoms with E-state index in [9.17, 15) is 0 Å². The Morgan fingerprint density at radius 1 is 1.24 bits per heavy atom. The highest BCUT2D eigenvalue weighted by Crippen LogP contribution is 2.31. The molecule has 21 heavy (non-hydrogen) atoms. The van der Waals surface area contributed by atoms with E-state index in [1.807, 2.05) is 0 Å². The summed E-state index contributed by atoms with van der Waals surface area (Å²) in [5.41, 5.74) is 0. The summed E-state index contributed by atoms with van der Waals surface area (Å²) in [6.07, 6.45) is 6.31. The highest BCUT2D eigenvalue weighted by molar-refractivity contribution is 5.03. The molecule has 1 aliphatic heterocycles. The Kier molecular flexibility index (Phi) is 4.60. The maximum atomic E-state index is 5.16. The second-order valence-electron chi connectivity index (χ2n) is 7.02. The Labute approximate surface area is 127 Å². The lowest BCUT2D eigenvalue weighted by Crippen LogP contribution is -2.40. The molecule has 1 aromatic rings. The predicted octanol–water partition coefficient (Wildman–Crippen LogP) is 2.67. The Bertz CT molecular complexity index is 463. The molecule has 3 rings (SSSR count). The topological polar surface area (TPSA) is 52.0 Å². The molecule has 3 unspecified atom stereocenters. The number of aromatic nitrogens is 3. The summed E-state index contributed by atoms with van der Waals surface area (Å²) in [6, 6.07) is 0.988. The van der Waals surface area contributed by atoms with Crippen LogP contribution in [0.25, 0.3) is 0 Å². The van der Waals surface area contributed by atoms with Gasteiger partial charge in [-0.05, 0) is 43.9 Å². The van der Waals surface area contributed by atoms with Crippen LogP contribution in [0.4, 0.5) is 0 Å². The zero-order valence-corrected chi connectivity index (χ0v) is 13.5. The minimum Gasteiger partial charge on any atom is -0.377 e. The average molecular weight is 292 g/mol. The number of hydrogen-bond donors (Lipinski definition) is 1. The van der Waals surface area contributed by atoms with Gasteiger partial charge in [0.25, 0.3) is 0 Å². The van der Waals surface area contributed by atoms with Crippen molar-refractivity contribution < 1.29 is 4.74 Å². The van der Waals surface area contributed by atoms with Crippen LogP contribution in [-0.4, -0.2) is 27.9 Å². The highest BCUT2D eigenvalue weighted by Gasteiger charge is 2.30. The number of methoxy groups -OCH3 is 1. The third-order valence-corrected chi connectivity index (χ3v) is 4.81. The molecule has 0 spiro atoms. The number of fused-ring (bicyclic) bond motifs is 1. The summed E-state index contributed by atoms with van der Waals surface area (Å²) in [4.78, 5) is 4.69. The lowest BCUT2D eigenvalue weighted by atomic mass is 9.80. The van der Waals surface area contributed by atoms with Gasteiger partial charge in [-0.15, -0.1) is 0 Å². The van der Waals surface area contributed by atoms with Gasteiger partial charge in [-0.1, -0.05) is 13.8 Å². The first-order chi connectivity index (χ1) is 10.2. The van der Waals surface area contributed by atoms with Crippen molar-refractivity contribution in [3.05, 3.63) is 11.6 Å². The normalized spacial score (nSPS) is 32.9. The van der Waals surface area contributed by atoms with Gasteiger partial charge in [-0.3, -0.25) is 0 Å². The molecule has 0 bridgehead atoms. The van der Waals surface area contributed by atoms with Crippen LogP contribution in [0.5, 0.6) is 0 Å². The molecule has 1 N–H and O–H groups in total. The maximum absolute atomic E-state index is 5.16. The summed E-state index contributed by atoms with van der Waals surface area (Å²) in [5.74, 6) is 3.58. The Morgan fingerprint density at radius 3 is 2.71 bits per heavy atom. The molecule has 0 radical (unpaired) electrons. The predicted molar refractivity (Wildman–Crippen MR) is 81.8 cm³/mol. The van der Waals surface area contributed by atoms with Crippen molar-refractivity contribution in [2.45, 2.75) is 71.2 Å². The van der Waals surface area contributed by atoms with Crippen molar-refractivity contribution in [2.75, 3.05) is 7.11 Å². The van der Waals surface area contributed by atoms with Gasteiger partial charge in [0.05, 0.1) is 6.04 Å². The number of aryl methyl sites for hydroxylation is 1. The van der Waals surface area contributed by atoms with E-state index < -0.39 is 0 Å². The Morgan fingerprint density at radius 2 is 2.00 bits per heavy atom. The standard InChI is InChI=1S/C16H28N4O/c1-11-7-12(2)9-13(8-11)17-14-5-4-6-20-16(14)18-15(19-20)10-21-3/h11-14,17H,4-10H2,1-3H3. The van der Waals surface area contributed by atoms with E-state index in [1.54, 1.807) is 7.11 Å². The molecule has 5 nitrogen and oxygen atoms in total. The number of hydrogen-bond acceptors (Lipinski definition) is 4. The summed E-state index contributed by atoms with van der Waals surface area (Å²) in [6.45, 7) is 6.25. The maximum Gasteiger partial charge on any atom is 0.176 e. The smallest absolute Gasteiger partial charge is 0.176 e. The van der Waals surface area contributed by atoms with Gasteiger partial charge in [0.2, 0.25) is 0 Å². The third kappa shape index (κ3) is 3.46. The number of ether oxygens (including phenoxy) is 1. The Hall–Kier alpha value is -0.940. The molecule has 1 aromatic heterocycles. The summed E-state index contributed by atoms with van der Waals surface area (Å²) >= 11 is 0. The zero-order valence-electron chi connectivity index (χ0n) is 13.5. The molecule has 2 aliphatic rings. The van der Waals surface area contributed by atoms with Gasteiger partial charge in [0, 0.05) is 19.7 Å². The number of nitrogens with zero attached hydrogens (tertiary/aromatic N) is 3. The monoisotopic (exact) mass is 292 g/mol. The van der Waals surface area contributed by atoms with Gasteiger partial charge in [-0.25, -0.2) is 9.67 Å². The molecule has 0 amide bonds. The molecule has 3 atom stereocenters. The van der Waals surface area contributed by atoms with Gasteiger partial charge >= 0.3 is 0 Å². The van der Waals surface area contributed by atoms with Crippen molar-refractivity contribution in [3.8, 4) is 0 Å². The lowest BCUT2D eigenvalue weighted by Gasteiger charge is -2.35. The van der Waals surface area contributed by atoms with Crippen molar-refractivity contribution in [1.82, 2.24) is 20.1 Å². The lowest BCUT2D eigenvalue weighted by molar-refractivity contribution is 0.177. The SMILES string of the molecule is COCc1nc2n(n1)CCCC2NC1CC(C)CC(C)C1. The van der Waals surface area contributed by atoms with Crippen molar-refractivity contribution in [2.24, 2.45) is 11.8 Å². The van der Waals surface area contributed by atoms with E-state index in [0.717, 1.165) is 30.0 Å². The van der Waals surface area contributed by atoms with Crippen LogP contribution < -0.4 is 5.32 Å². The van der Waals surface area contributed by atoms with Crippen molar-refractivity contribution >= 4 is 0 Å². The Balaban J connectivity index is 1.69.